The van der Waals surface area contributed by atoms with Gasteiger partial charge in [0.05, 0.1) is 22.6 Å². The summed E-state index contributed by atoms with van der Waals surface area (Å²) < 4.78 is 0. The SMILES string of the molecule is C=Cc1ccc2c(c1[N+](=O)[O-])CN=C2. The summed E-state index contributed by atoms with van der Waals surface area (Å²) in [5.74, 6) is 0. The molecule has 4 heteroatoms. The van der Waals surface area contributed by atoms with Crippen LogP contribution in [0.5, 0.6) is 0 Å². The zero-order valence-electron chi connectivity index (χ0n) is 7.43. The Hall–Kier alpha value is -1.97. The number of nitro benzene ring substituents is 1. The Bertz CT molecular complexity index is 450. The highest BCUT2D eigenvalue weighted by Gasteiger charge is 2.22. The molecule has 0 aliphatic carbocycles. The van der Waals surface area contributed by atoms with Crippen LogP contribution in [0.4, 0.5) is 5.69 Å². The quantitative estimate of drug-likeness (QED) is 0.527. The molecule has 70 valence electrons. The monoisotopic (exact) mass is 188 g/mol. The van der Waals surface area contributed by atoms with E-state index in [2.05, 4.69) is 11.6 Å². The largest absolute Gasteiger partial charge is 0.288 e. The lowest BCUT2D eigenvalue weighted by atomic mass is 10.0. The number of fused-ring (bicyclic) bond motifs is 1. The number of hydrogen-bond donors (Lipinski definition) is 0. The van der Waals surface area contributed by atoms with Crippen molar-refractivity contribution in [2.24, 2.45) is 4.99 Å². The molecule has 0 amide bonds. The lowest BCUT2D eigenvalue weighted by Crippen LogP contribution is -1.98. The first kappa shape index (κ1) is 8.62. The Morgan fingerprint density at radius 1 is 1.57 bits per heavy atom. The van der Waals surface area contributed by atoms with Gasteiger partial charge in [-0.2, -0.15) is 0 Å². The molecule has 1 aliphatic heterocycles. The third-order valence-corrected chi connectivity index (χ3v) is 2.23. The summed E-state index contributed by atoms with van der Waals surface area (Å²) in [6, 6.07) is 3.52. The molecule has 1 aromatic carbocycles. The van der Waals surface area contributed by atoms with Crippen molar-refractivity contribution in [1.82, 2.24) is 0 Å². The lowest BCUT2D eigenvalue weighted by Gasteiger charge is -2.02. The Morgan fingerprint density at radius 2 is 2.36 bits per heavy atom. The highest BCUT2D eigenvalue weighted by molar-refractivity contribution is 5.88. The molecule has 0 saturated carbocycles. The summed E-state index contributed by atoms with van der Waals surface area (Å²) >= 11 is 0. The predicted molar refractivity (Wildman–Crippen MR) is 54.5 cm³/mol. The highest BCUT2D eigenvalue weighted by atomic mass is 16.6. The van der Waals surface area contributed by atoms with Crippen LogP contribution in [-0.4, -0.2) is 11.1 Å². The maximum absolute atomic E-state index is 10.8. The first-order chi connectivity index (χ1) is 6.74. The van der Waals surface area contributed by atoms with Crippen LogP contribution in [0, 0.1) is 10.1 Å². The fourth-order valence-electron chi connectivity index (χ4n) is 1.57. The molecule has 0 radical (unpaired) electrons. The van der Waals surface area contributed by atoms with Crippen molar-refractivity contribution in [1.29, 1.82) is 0 Å². The summed E-state index contributed by atoms with van der Waals surface area (Å²) in [7, 11) is 0. The fraction of sp³-hybridized carbons (Fsp3) is 0.100. The second-order valence-corrected chi connectivity index (χ2v) is 3.00. The molecule has 0 bridgehead atoms. The molecule has 0 fully saturated rings. The van der Waals surface area contributed by atoms with Gasteiger partial charge >= 0.3 is 0 Å². The van der Waals surface area contributed by atoms with Gasteiger partial charge in [-0.1, -0.05) is 18.7 Å². The summed E-state index contributed by atoms with van der Waals surface area (Å²) in [6.07, 6.45) is 3.16. The standard InChI is InChI=1S/C10H8N2O2/c1-2-7-3-4-8-5-11-6-9(8)10(7)12(13)14/h2-5H,1,6H2. The van der Waals surface area contributed by atoms with Gasteiger partial charge in [-0.15, -0.1) is 0 Å². The summed E-state index contributed by atoms with van der Waals surface area (Å²) in [6.45, 7) is 3.95. The zero-order chi connectivity index (χ0) is 10.1. The van der Waals surface area contributed by atoms with Gasteiger partial charge in [-0.25, -0.2) is 0 Å². The minimum atomic E-state index is -0.371. The first-order valence-corrected chi connectivity index (χ1v) is 4.16. The number of hydrogen-bond acceptors (Lipinski definition) is 3. The van der Waals surface area contributed by atoms with Crippen LogP contribution < -0.4 is 0 Å². The van der Waals surface area contributed by atoms with Crippen molar-refractivity contribution in [3.8, 4) is 0 Å². The van der Waals surface area contributed by atoms with E-state index in [0.29, 0.717) is 17.7 Å². The van der Waals surface area contributed by atoms with Crippen molar-refractivity contribution in [2.75, 3.05) is 0 Å². The van der Waals surface area contributed by atoms with E-state index in [1.54, 1.807) is 12.3 Å². The van der Waals surface area contributed by atoms with E-state index in [4.69, 9.17) is 0 Å². The number of rotatable bonds is 2. The molecular formula is C10H8N2O2. The minimum absolute atomic E-state index is 0.134. The maximum Gasteiger partial charge on any atom is 0.282 e. The van der Waals surface area contributed by atoms with Crippen molar-refractivity contribution in [3.63, 3.8) is 0 Å². The molecule has 0 unspecified atom stereocenters. The Kier molecular flexibility index (Phi) is 1.89. The lowest BCUT2D eigenvalue weighted by molar-refractivity contribution is -0.385. The van der Waals surface area contributed by atoms with Gasteiger partial charge in [0.2, 0.25) is 0 Å². The van der Waals surface area contributed by atoms with Gasteiger partial charge in [0.1, 0.15) is 0 Å². The maximum atomic E-state index is 10.8. The van der Waals surface area contributed by atoms with E-state index in [-0.39, 0.29) is 10.6 Å². The summed E-state index contributed by atoms with van der Waals surface area (Å²) in [5, 5.41) is 10.8. The van der Waals surface area contributed by atoms with Crippen LogP contribution in [-0.2, 0) is 6.54 Å². The molecule has 1 heterocycles. The first-order valence-electron chi connectivity index (χ1n) is 4.16. The molecule has 0 N–H and O–H groups in total. The van der Waals surface area contributed by atoms with Crippen LogP contribution in [0.2, 0.25) is 0 Å². The molecular weight excluding hydrogens is 180 g/mol. The number of nitro groups is 1. The summed E-state index contributed by atoms with van der Waals surface area (Å²) in [5.41, 5.74) is 2.21. The van der Waals surface area contributed by atoms with Crippen molar-refractivity contribution in [2.45, 2.75) is 6.54 Å². The zero-order valence-corrected chi connectivity index (χ0v) is 7.43. The Morgan fingerprint density at radius 3 is 3.00 bits per heavy atom. The van der Waals surface area contributed by atoms with Crippen molar-refractivity contribution < 1.29 is 4.92 Å². The van der Waals surface area contributed by atoms with Gasteiger partial charge < -0.3 is 0 Å². The smallest absolute Gasteiger partial charge is 0.282 e. The van der Waals surface area contributed by atoms with Crippen LogP contribution in [0.3, 0.4) is 0 Å². The van der Waals surface area contributed by atoms with Crippen molar-refractivity contribution in [3.05, 3.63) is 45.5 Å². The predicted octanol–water partition coefficient (Wildman–Crippen LogP) is 2.17. The van der Waals surface area contributed by atoms with Crippen LogP contribution in [0.15, 0.2) is 23.7 Å². The van der Waals surface area contributed by atoms with E-state index in [9.17, 15) is 10.1 Å². The average Bonchev–Trinajstić information content (AvgIpc) is 2.62. The molecule has 0 spiro atoms. The van der Waals surface area contributed by atoms with Gasteiger partial charge in [0.25, 0.3) is 5.69 Å². The number of nitrogens with zero attached hydrogens (tertiary/aromatic N) is 2. The van der Waals surface area contributed by atoms with Gasteiger partial charge in [0, 0.05) is 11.8 Å². The van der Waals surface area contributed by atoms with Crippen LogP contribution >= 0.6 is 0 Å². The molecule has 1 aliphatic rings. The average molecular weight is 188 g/mol. The second-order valence-electron chi connectivity index (χ2n) is 3.00. The van der Waals surface area contributed by atoms with Crippen LogP contribution in [0.25, 0.3) is 6.08 Å². The van der Waals surface area contributed by atoms with Gasteiger partial charge in [0.15, 0.2) is 0 Å². The molecule has 4 nitrogen and oxygen atoms in total. The minimum Gasteiger partial charge on any atom is -0.288 e. The number of benzene rings is 1. The van der Waals surface area contributed by atoms with E-state index >= 15 is 0 Å². The molecule has 0 aromatic heterocycles. The third kappa shape index (κ3) is 1.12. The van der Waals surface area contributed by atoms with E-state index in [1.165, 1.54) is 6.08 Å². The normalized spacial score (nSPS) is 12.6. The van der Waals surface area contributed by atoms with E-state index in [1.807, 2.05) is 6.07 Å². The summed E-state index contributed by atoms with van der Waals surface area (Å²) in [4.78, 5) is 14.5. The molecule has 2 rings (SSSR count). The fourth-order valence-corrected chi connectivity index (χ4v) is 1.57. The number of aliphatic imine (C=N–C) groups is 1. The third-order valence-electron chi connectivity index (χ3n) is 2.23. The van der Waals surface area contributed by atoms with Crippen LogP contribution in [0.1, 0.15) is 16.7 Å². The van der Waals surface area contributed by atoms with Gasteiger partial charge in [-0.3, -0.25) is 15.1 Å². The Labute approximate surface area is 80.7 Å². The Balaban J connectivity index is 2.70. The van der Waals surface area contributed by atoms with Gasteiger partial charge in [-0.05, 0) is 6.07 Å². The second kappa shape index (κ2) is 3.06. The highest BCUT2D eigenvalue weighted by Crippen LogP contribution is 2.30. The topological polar surface area (TPSA) is 55.5 Å². The molecule has 0 atom stereocenters. The van der Waals surface area contributed by atoms with E-state index in [0.717, 1.165) is 5.56 Å². The van der Waals surface area contributed by atoms with Crippen molar-refractivity contribution >= 4 is 18.0 Å². The molecule has 0 saturated heterocycles. The molecule has 14 heavy (non-hydrogen) atoms. The van der Waals surface area contributed by atoms with E-state index < -0.39 is 0 Å². The molecule has 1 aromatic rings.